The van der Waals surface area contributed by atoms with E-state index in [9.17, 15) is 17.6 Å². The fourth-order valence-electron chi connectivity index (χ4n) is 6.34. The Balaban J connectivity index is 1.43. The van der Waals surface area contributed by atoms with Gasteiger partial charge in [0.05, 0.1) is 33.6 Å². The standard InChI is InChI=1S/C27H28ClF4N5O2/c1-14-6-16(33)7-17(22(14)27(30,31)32)18-8-19-21-24(23(18)28)34-13-35-25(21)36(2)11-20(39-19)38-12-26-4-3-5-37(26)10-15(29)9-26/h6-8,11,15,34H,3-5,9-10,12-13,33H2,1-2H3/t15-,26+/m1/s1. The average molecular weight is 566 g/mol. The van der Waals surface area contributed by atoms with Crippen molar-refractivity contribution in [2.75, 3.05) is 44.5 Å². The van der Waals surface area contributed by atoms with Crippen LogP contribution in [0.1, 0.15) is 36.0 Å². The number of amidine groups is 1. The topological polar surface area (TPSA) is 75.3 Å². The molecule has 3 N–H and O–H groups in total. The van der Waals surface area contributed by atoms with Crippen LogP contribution in [0.15, 0.2) is 35.3 Å². The van der Waals surface area contributed by atoms with Crippen molar-refractivity contribution in [2.24, 2.45) is 4.99 Å². The molecule has 2 aromatic rings. The number of benzene rings is 2. The molecule has 0 aliphatic carbocycles. The predicted octanol–water partition coefficient (Wildman–Crippen LogP) is 5.76. The Labute approximate surface area is 228 Å². The molecule has 4 heterocycles. The van der Waals surface area contributed by atoms with Gasteiger partial charge >= 0.3 is 12.1 Å². The Kier molecular flexibility index (Phi) is 6.14. The van der Waals surface area contributed by atoms with E-state index in [0.717, 1.165) is 19.4 Å². The summed E-state index contributed by atoms with van der Waals surface area (Å²) >= 11 is 6.78. The lowest BCUT2D eigenvalue weighted by atomic mass is 9.92. The van der Waals surface area contributed by atoms with Crippen LogP contribution in [0.4, 0.5) is 28.9 Å². The minimum atomic E-state index is -4.64. The van der Waals surface area contributed by atoms with Gasteiger partial charge in [-0.2, -0.15) is 13.2 Å². The zero-order chi connectivity index (χ0) is 27.7. The summed E-state index contributed by atoms with van der Waals surface area (Å²) in [5, 5.41) is 3.19. The van der Waals surface area contributed by atoms with Gasteiger partial charge in [0, 0.05) is 31.3 Å². The van der Waals surface area contributed by atoms with E-state index in [0.29, 0.717) is 30.1 Å². The maximum absolute atomic E-state index is 14.3. The minimum absolute atomic E-state index is 0.0139. The van der Waals surface area contributed by atoms with Crippen LogP contribution >= 0.6 is 11.6 Å². The molecule has 2 atom stereocenters. The number of anilines is 2. The summed E-state index contributed by atoms with van der Waals surface area (Å²) in [5.74, 6) is 0.888. The van der Waals surface area contributed by atoms with Gasteiger partial charge in [-0.3, -0.25) is 4.90 Å². The largest absolute Gasteiger partial charge is 0.462 e. The number of nitrogen functional groups attached to an aromatic ring is 1. The van der Waals surface area contributed by atoms with Gasteiger partial charge in [-0.25, -0.2) is 9.38 Å². The van der Waals surface area contributed by atoms with E-state index in [1.165, 1.54) is 25.1 Å². The molecule has 0 amide bonds. The van der Waals surface area contributed by atoms with E-state index in [2.05, 4.69) is 15.2 Å². The lowest BCUT2D eigenvalue weighted by Gasteiger charge is -2.31. The molecule has 0 bridgehead atoms. The number of fused-ring (bicyclic) bond motifs is 1. The summed E-state index contributed by atoms with van der Waals surface area (Å²) in [7, 11) is 1.77. The highest BCUT2D eigenvalue weighted by Gasteiger charge is 2.49. The highest BCUT2D eigenvalue weighted by Crippen LogP contribution is 2.49. The molecule has 12 heteroatoms. The van der Waals surface area contributed by atoms with E-state index in [1.54, 1.807) is 18.1 Å². The number of aliphatic imine (C=N–C) groups is 1. The Bertz CT molecular complexity index is 1410. The van der Waals surface area contributed by atoms with Crippen molar-refractivity contribution in [1.82, 2.24) is 9.80 Å². The van der Waals surface area contributed by atoms with Crippen molar-refractivity contribution in [2.45, 2.75) is 44.1 Å². The molecule has 0 spiro atoms. The van der Waals surface area contributed by atoms with Gasteiger partial charge < -0.3 is 25.4 Å². The number of hydrogen-bond donors (Lipinski definition) is 2. The molecule has 2 aromatic carbocycles. The number of ether oxygens (including phenoxy) is 2. The molecule has 2 fully saturated rings. The highest BCUT2D eigenvalue weighted by atomic mass is 35.5. The monoisotopic (exact) mass is 565 g/mol. The molecule has 6 rings (SSSR count). The van der Waals surface area contributed by atoms with Gasteiger partial charge in [0.15, 0.2) is 0 Å². The third-order valence-electron chi connectivity index (χ3n) is 7.96. The van der Waals surface area contributed by atoms with Crippen molar-refractivity contribution < 1.29 is 27.0 Å². The smallest absolute Gasteiger partial charge is 0.417 e. The number of nitrogens with zero attached hydrogens (tertiary/aromatic N) is 3. The molecule has 4 aliphatic heterocycles. The van der Waals surface area contributed by atoms with Gasteiger partial charge in [0.2, 0.25) is 0 Å². The van der Waals surface area contributed by atoms with Crippen LogP contribution in [0, 0.1) is 6.92 Å². The summed E-state index contributed by atoms with van der Waals surface area (Å²) in [5.41, 5.74) is 5.79. The molecular weight excluding hydrogens is 538 g/mol. The van der Waals surface area contributed by atoms with Gasteiger partial charge in [-0.1, -0.05) is 11.6 Å². The first kappa shape index (κ1) is 26.1. The van der Waals surface area contributed by atoms with Crippen molar-refractivity contribution in [3.8, 4) is 16.9 Å². The van der Waals surface area contributed by atoms with Crippen LogP contribution < -0.4 is 15.8 Å². The first-order chi connectivity index (χ1) is 18.5. The third kappa shape index (κ3) is 4.35. The number of hydrogen-bond acceptors (Lipinski definition) is 7. The number of halogens is 5. The lowest BCUT2D eigenvalue weighted by Crippen LogP contribution is -2.42. The van der Waals surface area contributed by atoms with Gasteiger partial charge in [0.25, 0.3) is 0 Å². The quantitative estimate of drug-likeness (QED) is 0.363. The number of alkyl halides is 4. The van der Waals surface area contributed by atoms with Gasteiger partial charge in [-0.15, -0.1) is 0 Å². The Morgan fingerprint density at radius 1 is 1.28 bits per heavy atom. The first-order valence-corrected chi connectivity index (χ1v) is 13.1. The molecule has 4 aliphatic rings. The number of rotatable bonds is 4. The maximum atomic E-state index is 14.3. The van der Waals surface area contributed by atoms with Crippen molar-refractivity contribution >= 4 is 28.8 Å². The molecule has 0 saturated carbocycles. The number of nitrogens with two attached hydrogens (primary N) is 1. The van der Waals surface area contributed by atoms with E-state index in [4.69, 9.17) is 26.8 Å². The maximum Gasteiger partial charge on any atom is 0.417 e. The second-order valence-electron chi connectivity index (χ2n) is 10.6. The van der Waals surface area contributed by atoms with E-state index >= 15 is 0 Å². The number of nitrogens with one attached hydrogen (secondary N) is 1. The molecule has 208 valence electrons. The number of aryl methyl sites for hydroxylation is 1. The SMILES string of the molecule is Cc1cc(N)cc(-c2cc3c4c(c2Cl)NCN=C4N(C)C=C(OC[C@@]24CCCN2C[C@H](F)C4)O3)c1C(F)(F)F. The van der Waals surface area contributed by atoms with Gasteiger partial charge in [0.1, 0.15) is 31.0 Å². The van der Waals surface area contributed by atoms with E-state index in [1.807, 2.05) is 0 Å². The second-order valence-corrected chi connectivity index (χ2v) is 11.0. The van der Waals surface area contributed by atoms with E-state index < -0.39 is 23.5 Å². The predicted molar refractivity (Wildman–Crippen MR) is 142 cm³/mol. The molecule has 0 unspecified atom stereocenters. The summed E-state index contributed by atoms with van der Waals surface area (Å²) in [6.45, 7) is 2.97. The van der Waals surface area contributed by atoms with Crippen LogP contribution in [0.2, 0.25) is 5.02 Å². The van der Waals surface area contributed by atoms with Gasteiger partial charge in [-0.05, 0) is 55.6 Å². The van der Waals surface area contributed by atoms with Crippen LogP contribution in [-0.2, 0) is 10.9 Å². The first-order valence-electron chi connectivity index (χ1n) is 12.7. The fraction of sp³-hybridized carbons (Fsp3) is 0.444. The fourth-order valence-corrected chi connectivity index (χ4v) is 6.66. The summed E-state index contributed by atoms with van der Waals surface area (Å²) in [6, 6.07) is 4.02. The van der Waals surface area contributed by atoms with Crippen LogP contribution in [-0.4, -0.2) is 60.8 Å². The molecule has 0 radical (unpaired) electrons. The average Bonchev–Trinajstić information content (AvgIpc) is 3.33. The third-order valence-corrected chi connectivity index (χ3v) is 8.35. The summed E-state index contributed by atoms with van der Waals surface area (Å²) in [6.07, 6.45) is -1.74. The Morgan fingerprint density at radius 2 is 2.08 bits per heavy atom. The summed E-state index contributed by atoms with van der Waals surface area (Å²) < 4.78 is 69.2. The van der Waals surface area contributed by atoms with Crippen molar-refractivity contribution in [3.63, 3.8) is 0 Å². The summed E-state index contributed by atoms with van der Waals surface area (Å²) in [4.78, 5) is 8.40. The van der Waals surface area contributed by atoms with Crippen molar-refractivity contribution in [3.05, 3.63) is 52.1 Å². The van der Waals surface area contributed by atoms with Crippen molar-refractivity contribution in [1.29, 1.82) is 0 Å². The van der Waals surface area contributed by atoms with Crippen LogP contribution in [0.25, 0.3) is 11.1 Å². The molecule has 2 saturated heterocycles. The van der Waals surface area contributed by atoms with Crippen LogP contribution in [0.3, 0.4) is 0 Å². The zero-order valence-corrected chi connectivity index (χ0v) is 22.2. The van der Waals surface area contributed by atoms with Crippen LogP contribution in [0.5, 0.6) is 5.75 Å². The minimum Gasteiger partial charge on any atom is -0.462 e. The normalized spacial score (nSPS) is 24.3. The molecular formula is C27H28ClF4N5O2. The molecule has 7 nitrogen and oxygen atoms in total. The zero-order valence-electron chi connectivity index (χ0n) is 21.5. The van der Waals surface area contributed by atoms with E-state index in [-0.39, 0.29) is 52.4 Å². The highest BCUT2D eigenvalue weighted by molar-refractivity contribution is 6.37. The molecule has 0 aromatic heterocycles. The Hall–Kier alpha value is -3.18. The second kappa shape index (κ2) is 9.19. The Morgan fingerprint density at radius 3 is 2.85 bits per heavy atom. The molecule has 39 heavy (non-hydrogen) atoms. The lowest BCUT2D eigenvalue weighted by molar-refractivity contribution is -0.137.